The standard InChI is InChI=1S/C18H22ClN3OS/c1-11(21-17(23)14-4-3-9-20-10-14)16-12(2)22-18(24-16)13-5-7-15(19)8-6-13/h5-8,11,14,20H,3-4,9-10H2,1-2H3,(H,21,23). The molecule has 6 heteroatoms. The molecule has 1 amide bonds. The molecule has 1 aliphatic rings. The van der Waals surface area contributed by atoms with Crippen LogP contribution in [0.15, 0.2) is 24.3 Å². The van der Waals surface area contributed by atoms with Crippen molar-refractivity contribution < 1.29 is 4.79 Å². The molecule has 1 fully saturated rings. The number of rotatable bonds is 4. The van der Waals surface area contributed by atoms with E-state index in [1.54, 1.807) is 11.3 Å². The smallest absolute Gasteiger partial charge is 0.224 e. The van der Waals surface area contributed by atoms with Crippen molar-refractivity contribution in [3.63, 3.8) is 0 Å². The Morgan fingerprint density at radius 2 is 2.17 bits per heavy atom. The SMILES string of the molecule is Cc1nc(-c2ccc(Cl)cc2)sc1C(C)NC(=O)C1CCCNC1. The zero-order chi connectivity index (χ0) is 17.1. The number of benzene rings is 1. The second-order valence-corrected chi connectivity index (χ2v) is 7.72. The molecule has 1 aromatic carbocycles. The zero-order valence-corrected chi connectivity index (χ0v) is 15.5. The van der Waals surface area contributed by atoms with Crippen molar-refractivity contribution in [2.45, 2.75) is 32.7 Å². The number of aryl methyl sites for hydroxylation is 1. The fraction of sp³-hybridized carbons (Fsp3) is 0.444. The van der Waals surface area contributed by atoms with Gasteiger partial charge in [-0.3, -0.25) is 4.79 Å². The molecule has 3 rings (SSSR count). The molecule has 0 saturated carbocycles. The van der Waals surface area contributed by atoms with Gasteiger partial charge >= 0.3 is 0 Å². The summed E-state index contributed by atoms with van der Waals surface area (Å²) in [6, 6.07) is 7.66. The number of hydrogen-bond donors (Lipinski definition) is 2. The Labute approximate surface area is 151 Å². The monoisotopic (exact) mass is 363 g/mol. The Morgan fingerprint density at radius 1 is 1.42 bits per heavy atom. The number of carbonyl (C=O) groups is 1. The van der Waals surface area contributed by atoms with Crippen molar-refractivity contribution in [2.24, 2.45) is 5.92 Å². The molecule has 1 aliphatic heterocycles. The second kappa shape index (κ2) is 7.64. The van der Waals surface area contributed by atoms with E-state index in [9.17, 15) is 4.79 Å². The lowest BCUT2D eigenvalue weighted by Crippen LogP contribution is -2.41. The molecule has 2 atom stereocenters. The molecule has 0 aliphatic carbocycles. The highest BCUT2D eigenvalue weighted by atomic mass is 35.5. The molecule has 0 bridgehead atoms. The Kier molecular flexibility index (Phi) is 5.54. The normalized spacial score (nSPS) is 19.0. The van der Waals surface area contributed by atoms with Gasteiger partial charge in [0.05, 0.1) is 22.5 Å². The zero-order valence-electron chi connectivity index (χ0n) is 13.9. The van der Waals surface area contributed by atoms with E-state index in [0.29, 0.717) is 5.02 Å². The number of hydrogen-bond acceptors (Lipinski definition) is 4. The quantitative estimate of drug-likeness (QED) is 0.864. The van der Waals surface area contributed by atoms with E-state index in [1.807, 2.05) is 38.1 Å². The van der Waals surface area contributed by atoms with Crippen LogP contribution in [0.2, 0.25) is 5.02 Å². The van der Waals surface area contributed by atoms with Crippen LogP contribution in [0.5, 0.6) is 0 Å². The number of aromatic nitrogens is 1. The van der Waals surface area contributed by atoms with Crippen LogP contribution in [0, 0.1) is 12.8 Å². The van der Waals surface area contributed by atoms with E-state index in [1.165, 1.54) is 0 Å². The van der Waals surface area contributed by atoms with Crippen LogP contribution in [-0.4, -0.2) is 24.0 Å². The third kappa shape index (κ3) is 3.97. The first-order chi connectivity index (χ1) is 11.5. The Balaban J connectivity index is 1.71. The van der Waals surface area contributed by atoms with Crippen molar-refractivity contribution in [2.75, 3.05) is 13.1 Å². The third-order valence-corrected chi connectivity index (χ3v) is 5.98. The molecule has 24 heavy (non-hydrogen) atoms. The lowest BCUT2D eigenvalue weighted by atomic mass is 9.98. The molecule has 2 N–H and O–H groups in total. The number of nitrogens with one attached hydrogen (secondary N) is 2. The maximum Gasteiger partial charge on any atom is 0.224 e. The van der Waals surface area contributed by atoms with Gasteiger partial charge in [0.1, 0.15) is 5.01 Å². The van der Waals surface area contributed by atoms with E-state index in [4.69, 9.17) is 11.6 Å². The average molecular weight is 364 g/mol. The molecular formula is C18H22ClN3OS. The molecule has 0 spiro atoms. The third-order valence-electron chi connectivity index (χ3n) is 4.34. The maximum atomic E-state index is 12.4. The van der Waals surface area contributed by atoms with Gasteiger partial charge in [0.25, 0.3) is 0 Å². The number of piperidine rings is 1. The first kappa shape index (κ1) is 17.4. The highest BCUT2D eigenvalue weighted by Crippen LogP contribution is 2.32. The van der Waals surface area contributed by atoms with E-state index in [2.05, 4.69) is 15.6 Å². The van der Waals surface area contributed by atoms with Crippen molar-refractivity contribution >= 4 is 28.8 Å². The molecule has 1 aromatic heterocycles. The van der Waals surface area contributed by atoms with Crippen LogP contribution in [-0.2, 0) is 4.79 Å². The first-order valence-corrected chi connectivity index (χ1v) is 9.48. The van der Waals surface area contributed by atoms with Crippen LogP contribution in [0.4, 0.5) is 0 Å². The van der Waals surface area contributed by atoms with Gasteiger partial charge in [-0.1, -0.05) is 23.7 Å². The van der Waals surface area contributed by atoms with Crippen LogP contribution in [0.25, 0.3) is 10.6 Å². The van der Waals surface area contributed by atoms with Crippen molar-refractivity contribution in [3.05, 3.63) is 39.9 Å². The Hall–Kier alpha value is -1.43. The highest BCUT2D eigenvalue weighted by Gasteiger charge is 2.24. The largest absolute Gasteiger partial charge is 0.348 e. The number of nitrogens with zero attached hydrogens (tertiary/aromatic N) is 1. The lowest BCUT2D eigenvalue weighted by molar-refractivity contribution is -0.126. The van der Waals surface area contributed by atoms with Gasteiger partial charge < -0.3 is 10.6 Å². The molecule has 2 heterocycles. The van der Waals surface area contributed by atoms with E-state index >= 15 is 0 Å². The first-order valence-electron chi connectivity index (χ1n) is 8.29. The fourth-order valence-corrected chi connectivity index (χ4v) is 4.20. The van der Waals surface area contributed by atoms with Gasteiger partial charge in [-0.05, 0) is 45.4 Å². The number of halogens is 1. The summed E-state index contributed by atoms with van der Waals surface area (Å²) in [6.45, 7) is 5.81. The predicted octanol–water partition coefficient (Wildman–Crippen LogP) is 3.95. The number of amides is 1. The molecule has 128 valence electrons. The number of carbonyl (C=O) groups excluding carboxylic acids is 1. The van der Waals surface area contributed by atoms with Gasteiger partial charge in [-0.25, -0.2) is 4.98 Å². The predicted molar refractivity (Wildman–Crippen MR) is 99.4 cm³/mol. The summed E-state index contributed by atoms with van der Waals surface area (Å²) in [5.74, 6) is 0.209. The van der Waals surface area contributed by atoms with E-state index in [0.717, 1.165) is 47.1 Å². The van der Waals surface area contributed by atoms with Crippen LogP contribution in [0.3, 0.4) is 0 Å². The second-order valence-electron chi connectivity index (χ2n) is 6.25. The van der Waals surface area contributed by atoms with E-state index < -0.39 is 0 Å². The Morgan fingerprint density at radius 3 is 2.83 bits per heavy atom. The Bertz CT molecular complexity index is 708. The average Bonchev–Trinajstić information content (AvgIpc) is 2.98. The van der Waals surface area contributed by atoms with Crippen LogP contribution >= 0.6 is 22.9 Å². The summed E-state index contributed by atoms with van der Waals surface area (Å²) < 4.78 is 0. The van der Waals surface area contributed by atoms with Crippen molar-refractivity contribution in [3.8, 4) is 10.6 Å². The molecule has 4 nitrogen and oxygen atoms in total. The molecule has 1 saturated heterocycles. The minimum Gasteiger partial charge on any atom is -0.348 e. The summed E-state index contributed by atoms with van der Waals surface area (Å²) in [5, 5.41) is 8.11. The van der Waals surface area contributed by atoms with Crippen LogP contribution in [0.1, 0.15) is 36.4 Å². The van der Waals surface area contributed by atoms with Gasteiger partial charge in [0.15, 0.2) is 0 Å². The molecule has 2 unspecified atom stereocenters. The molecule has 0 radical (unpaired) electrons. The van der Waals surface area contributed by atoms with Gasteiger partial charge in [0.2, 0.25) is 5.91 Å². The molecule has 2 aromatic rings. The molecular weight excluding hydrogens is 342 g/mol. The van der Waals surface area contributed by atoms with E-state index in [-0.39, 0.29) is 17.9 Å². The summed E-state index contributed by atoms with van der Waals surface area (Å²) in [5.41, 5.74) is 2.02. The summed E-state index contributed by atoms with van der Waals surface area (Å²) in [6.07, 6.45) is 2.02. The highest BCUT2D eigenvalue weighted by molar-refractivity contribution is 7.15. The van der Waals surface area contributed by atoms with Crippen molar-refractivity contribution in [1.29, 1.82) is 0 Å². The number of thiazole rings is 1. The van der Waals surface area contributed by atoms with Gasteiger partial charge in [0, 0.05) is 17.1 Å². The van der Waals surface area contributed by atoms with Crippen LogP contribution < -0.4 is 10.6 Å². The summed E-state index contributed by atoms with van der Waals surface area (Å²) in [4.78, 5) is 18.2. The lowest BCUT2D eigenvalue weighted by Gasteiger charge is -2.23. The minimum atomic E-state index is -0.0297. The van der Waals surface area contributed by atoms with Crippen molar-refractivity contribution in [1.82, 2.24) is 15.6 Å². The summed E-state index contributed by atoms with van der Waals surface area (Å²) >= 11 is 7.58. The maximum absolute atomic E-state index is 12.4. The van der Waals surface area contributed by atoms with Gasteiger partial charge in [-0.15, -0.1) is 11.3 Å². The summed E-state index contributed by atoms with van der Waals surface area (Å²) in [7, 11) is 0. The fourth-order valence-electron chi connectivity index (χ4n) is 3.00. The minimum absolute atomic E-state index is 0.0297. The van der Waals surface area contributed by atoms with Gasteiger partial charge in [-0.2, -0.15) is 0 Å². The topological polar surface area (TPSA) is 54.0 Å².